The number of aliphatic hydroxyl groups excluding tert-OH is 2. The summed E-state index contributed by atoms with van der Waals surface area (Å²) in [5.41, 5.74) is 0.276. The van der Waals surface area contributed by atoms with Crippen molar-refractivity contribution in [1.82, 2.24) is 0 Å². The van der Waals surface area contributed by atoms with E-state index < -0.39 is 55.2 Å². The zero-order valence-electron chi connectivity index (χ0n) is 14.7. The molecule has 3 rings (SSSR count). The summed E-state index contributed by atoms with van der Waals surface area (Å²) in [6.07, 6.45) is -2.58. The summed E-state index contributed by atoms with van der Waals surface area (Å²) in [5, 5.41) is 17.5. The standard InChI is InChI=1S/C19H14O10/c20-7-13(22)19(26)28-8-27-15(23)6-12(21)14-5-11-16(24)9-3-1-2-4-10(9)17(25)18(11)29-14/h1-5,13,20,22H,6-8H2. The number of carbonyl (C=O) groups is 5. The Morgan fingerprint density at radius 2 is 1.66 bits per heavy atom. The normalized spacial score (nSPS) is 13.3. The van der Waals surface area contributed by atoms with Gasteiger partial charge in [-0.05, 0) is 6.07 Å². The van der Waals surface area contributed by atoms with Gasteiger partial charge in [0.05, 0.1) is 12.2 Å². The molecule has 1 aliphatic carbocycles. The summed E-state index contributed by atoms with van der Waals surface area (Å²) in [7, 11) is 0. The number of carbonyl (C=O) groups excluding carboxylic acids is 5. The van der Waals surface area contributed by atoms with Crippen LogP contribution in [0.2, 0.25) is 0 Å². The Morgan fingerprint density at radius 1 is 1.00 bits per heavy atom. The third-order valence-electron chi connectivity index (χ3n) is 4.05. The molecule has 0 fully saturated rings. The Balaban J connectivity index is 1.65. The third-order valence-corrected chi connectivity index (χ3v) is 4.05. The van der Waals surface area contributed by atoms with E-state index in [0.29, 0.717) is 0 Å². The highest BCUT2D eigenvalue weighted by Gasteiger charge is 2.34. The van der Waals surface area contributed by atoms with Gasteiger partial charge in [0.2, 0.25) is 18.4 Å². The predicted octanol–water partition coefficient (Wildman–Crippen LogP) is 0.0249. The van der Waals surface area contributed by atoms with Crippen LogP contribution in [0.3, 0.4) is 0 Å². The van der Waals surface area contributed by atoms with Gasteiger partial charge in [-0.1, -0.05) is 24.3 Å². The molecule has 1 aliphatic rings. The number of esters is 2. The van der Waals surface area contributed by atoms with Gasteiger partial charge in [0, 0.05) is 11.1 Å². The number of ketones is 3. The van der Waals surface area contributed by atoms with E-state index >= 15 is 0 Å². The van der Waals surface area contributed by atoms with E-state index in [1.165, 1.54) is 12.1 Å². The predicted molar refractivity (Wildman–Crippen MR) is 91.1 cm³/mol. The molecular weight excluding hydrogens is 388 g/mol. The highest BCUT2D eigenvalue weighted by atomic mass is 16.7. The molecule has 10 nitrogen and oxygen atoms in total. The second-order valence-corrected chi connectivity index (χ2v) is 5.95. The lowest BCUT2D eigenvalue weighted by molar-refractivity contribution is -0.174. The van der Waals surface area contributed by atoms with E-state index in [0.717, 1.165) is 6.07 Å². The van der Waals surface area contributed by atoms with Crippen LogP contribution in [0.1, 0.15) is 49.0 Å². The Morgan fingerprint density at radius 3 is 2.31 bits per heavy atom. The molecular formula is C19H14O10. The Bertz CT molecular complexity index is 963. The van der Waals surface area contributed by atoms with Crippen molar-refractivity contribution < 1.29 is 48.1 Å². The number of furan rings is 1. The van der Waals surface area contributed by atoms with Crippen LogP contribution in [0.5, 0.6) is 0 Å². The van der Waals surface area contributed by atoms with Crippen LogP contribution in [-0.4, -0.2) is 59.0 Å². The smallest absolute Gasteiger partial charge is 0.340 e. The number of hydrogen-bond donors (Lipinski definition) is 2. The molecule has 1 atom stereocenters. The maximum Gasteiger partial charge on any atom is 0.340 e. The van der Waals surface area contributed by atoms with Crippen LogP contribution in [0.4, 0.5) is 0 Å². The van der Waals surface area contributed by atoms with E-state index in [-0.39, 0.29) is 28.2 Å². The fourth-order valence-electron chi connectivity index (χ4n) is 2.61. The molecule has 0 aliphatic heterocycles. The molecule has 0 bridgehead atoms. The minimum absolute atomic E-state index is 0.0719. The molecule has 1 aromatic heterocycles. The molecule has 2 aromatic rings. The van der Waals surface area contributed by atoms with Crippen molar-refractivity contribution in [2.75, 3.05) is 13.4 Å². The van der Waals surface area contributed by atoms with Crippen molar-refractivity contribution in [3.8, 4) is 0 Å². The fourth-order valence-corrected chi connectivity index (χ4v) is 2.61. The second kappa shape index (κ2) is 8.17. The van der Waals surface area contributed by atoms with Gasteiger partial charge in [-0.15, -0.1) is 0 Å². The molecule has 29 heavy (non-hydrogen) atoms. The highest BCUT2D eigenvalue weighted by molar-refractivity contribution is 6.28. The van der Waals surface area contributed by atoms with Crippen LogP contribution >= 0.6 is 0 Å². The SMILES string of the molecule is O=C(CC(=O)c1cc2c(o1)C(=O)c1ccccc1C2=O)OCOC(=O)C(O)CO. The van der Waals surface area contributed by atoms with Gasteiger partial charge >= 0.3 is 11.9 Å². The van der Waals surface area contributed by atoms with Crippen molar-refractivity contribution in [2.24, 2.45) is 0 Å². The van der Waals surface area contributed by atoms with E-state index in [9.17, 15) is 24.0 Å². The van der Waals surface area contributed by atoms with Gasteiger partial charge < -0.3 is 24.1 Å². The molecule has 0 saturated carbocycles. The lowest BCUT2D eigenvalue weighted by atomic mass is 9.88. The van der Waals surface area contributed by atoms with Crippen LogP contribution < -0.4 is 0 Å². The molecule has 10 heteroatoms. The summed E-state index contributed by atoms with van der Waals surface area (Å²) in [6, 6.07) is 7.24. The molecule has 0 spiro atoms. The van der Waals surface area contributed by atoms with Crippen LogP contribution in [0, 0.1) is 0 Å². The minimum atomic E-state index is -1.77. The van der Waals surface area contributed by atoms with Crippen molar-refractivity contribution in [3.63, 3.8) is 0 Å². The zero-order chi connectivity index (χ0) is 21.1. The average Bonchev–Trinajstić information content (AvgIpc) is 3.17. The monoisotopic (exact) mass is 402 g/mol. The summed E-state index contributed by atoms with van der Waals surface area (Å²) in [4.78, 5) is 59.9. The number of aliphatic hydroxyl groups is 2. The van der Waals surface area contributed by atoms with Crippen molar-refractivity contribution in [1.29, 1.82) is 0 Å². The van der Waals surface area contributed by atoms with Gasteiger partial charge in [-0.2, -0.15) is 0 Å². The maximum atomic E-state index is 12.5. The van der Waals surface area contributed by atoms with Gasteiger partial charge in [0.25, 0.3) is 0 Å². The van der Waals surface area contributed by atoms with E-state index in [1.807, 2.05) is 0 Å². The number of hydrogen-bond acceptors (Lipinski definition) is 10. The first-order valence-corrected chi connectivity index (χ1v) is 8.30. The van der Waals surface area contributed by atoms with Crippen molar-refractivity contribution >= 4 is 29.3 Å². The maximum absolute atomic E-state index is 12.5. The highest BCUT2D eigenvalue weighted by Crippen LogP contribution is 2.30. The summed E-state index contributed by atoms with van der Waals surface area (Å²) < 4.78 is 14.1. The zero-order valence-corrected chi connectivity index (χ0v) is 14.7. The number of fused-ring (bicyclic) bond motifs is 2. The number of ether oxygens (including phenoxy) is 2. The minimum Gasteiger partial charge on any atom is -0.449 e. The molecule has 150 valence electrons. The second-order valence-electron chi connectivity index (χ2n) is 5.95. The lowest BCUT2D eigenvalue weighted by Crippen LogP contribution is -2.28. The van der Waals surface area contributed by atoms with Crippen molar-refractivity contribution in [2.45, 2.75) is 12.5 Å². The van der Waals surface area contributed by atoms with Gasteiger partial charge in [-0.25, -0.2) is 4.79 Å². The average molecular weight is 402 g/mol. The van der Waals surface area contributed by atoms with Crippen LogP contribution in [0.25, 0.3) is 0 Å². The number of benzene rings is 1. The fraction of sp³-hybridized carbons (Fsp3) is 0.211. The molecule has 0 radical (unpaired) electrons. The molecule has 1 heterocycles. The molecule has 0 amide bonds. The third kappa shape index (κ3) is 3.98. The first-order valence-electron chi connectivity index (χ1n) is 8.30. The molecule has 2 N–H and O–H groups in total. The van der Waals surface area contributed by atoms with Crippen molar-refractivity contribution in [3.05, 3.63) is 58.5 Å². The summed E-state index contributed by atoms with van der Waals surface area (Å²) >= 11 is 0. The quantitative estimate of drug-likeness (QED) is 0.239. The largest absolute Gasteiger partial charge is 0.449 e. The summed E-state index contributed by atoms with van der Waals surface area (Å²) in [6.45, 7) is -1.74. The molecule has 1 unspecified atom stereocenters. The first kappa shape index (κ1) is 20.1. The Hall–Kier alpha value is -3.63. The van der Waals surface area contributed by atoms with Crippen LogP contribution in [0.15, 0.2) is 34.7 Å². The van der Waals surface area contributed by atoms with Crippen LogP contribution in [-0.2, 0) is 19.1 Å². The van der Waals surface area contributed by atoms with Gasteiger partial charge in [0.1, 0.15) is 6.42 Å². The van der Waals surface area contributed by atoms with E-state index in [1.54, 1.807) is 12.1 Å². The van der Waals surface area contributed by atoms with Gasteiger partial charge in [0.15, 0.2) is 23.4 Å². The van der Waals surface area contributed by atoms with E-state index in [2.05, 4.69) is 9.47 Å². The Kier molecular flexibility index (Phi) is 5.66. The topological polar surface area (TPSA) is 157 Å². The number of Topliss-reactive ketones (excluding diaryl/α,β-unsaturated/α-hetero) is 1. The van der Waals surface area contributed by atoms with Gasteiger partial charge in [-0.3, -0.25) is 19.2 Å². The lowest BCUT2D eigenvalue weighted by Gasteiger charge is -2.11. The molecule has 0 saturated heterocycles. The molecule has 1 aromatic carbocycles. The summed E-state index contributed by atoms with van der Waals surface area (Å²) in [5.74, 6) is -4.80. The van der Waals surface area contributed by atoms with E-state index in [4.69, 9.17) is 14.6 Å². The number of rotatable bonds is 7. The first-order chi connectivity index (χ1) is 13.8. The Labute approximate surface area is 162 Å².